The highest BCUT2D eigenvalue weighted by atomic mass is 31.2. The highest BCUT2D eigenvalue weighted by molar-refractivity contribution is 7.79. The van der Waals surface area contributed by atoms with Gasteiger partial charge in [0.15, 0.2) is 7.14 Å². The highest BCUT2D eigenvalue weighted by Crippen LogP contribution is 2.61. The number of hydrogen-bond donors (Lipinski definition) is 0. The van der Waals surface area contributed by atoms with Crippen LogP contribution in [0.4, 0.5) is 0 Å². The summed E-state index contributed by atoms with van der Waals surface area (Å²) >= 11 is 0. The van der Waals surface area contributed by atoms with Gasteiger partial charge in [-0.15, -0.1) is 6.58 Å². The molecule has 1 atom stereocenters. The Bertz CT molecular complexity index is 1210. The van der Waals surface area contributed by atoms with E-state index < -0.39 is 31.1 Å². The first-order valence-electron chi connectivity index (χ1n) is 11.4. The molecule has 0 bridgehead atoms. The minimum atomic E-state index is -3.31. The van der Waals surface area contributed by atoms with Gasteiger partial charge in [-0.05, 0) is 50.9 Å². The lowest BCUT2D eigenvalue weighted by atomic mass is 9.75. The SMILES string of the molecule is C=C(B1OC(C)(C)C(C)(C)O1)C(c1ccc(C#N)cc1)P(=O)(c1ccccc1)c1ccccc1. The van der Waals surface area contributed by atoms with Crippen LogP contribution in [0.2, 0.25) is 0 Å². The monoisotopic (exact) mass is 469 g/mol. The van der Waals surface area contributed by atoms with Crippen LogP contribution in [0.1, 0.15) is 44.5 Å². The average molecular weight is 469 g/mol. The van der Waals surface area contributed by atoms with Crippen molar-refractivity contribution in [1.29, 1.82) is 5.26 Å². The van der Waals surface area contributed by atoms with Gasteiger partial charge in [0.05, 0.1) is 28.5 Å². The van der Waals surface area contributed by atoms with E-state index in [2.05, 4.69) is 12.6 Å². The van der Waals surface area contributed by atoms with Crippen LogP contribution in [0.3, 0.4) is 0 Å². The normalized spacial score (nSPS) is 17.7. The van der Waals surface area contributed by atoms with Gasteiger partial charge in [-0.25, -0.2) is 0 Å². The van der Waals surface area contributed by atoms with Gasteiger partial charge in [0.2, 0.25) is 0 Å². The van der Waals surface area contributed by atoms with Gasteiger partial charge in [0, 0.05) is 10.6 Å². The first-order chi connectivity index (χ1) is 16.1. The van der Waals surface area contributed by atoms with Gasteiger partial charge < -0.3 is 13.9 Å². The van der Waals surface area contributed by atoms with Crippen LogP contribution in [0.15, 0.2) is 97.0 Å². The first-order valence-corrected chi connectivity index (χ1v) is 13.1. The Labute approximate surface area is 202 Å². The molecule has 34 heavy (non-hydrogen) atoms. The molecule has 0 spiro atoms. The van der Waals surface area contributed by atoms with Crippen molar-refractivity contribution in [3.63, 3.8) is 0 Å². The maximum Gasteiger partial charge on any atom is 0.491 e. The maximum atomic E-state index is 15.4. The Kier molecular flexibility index (Phi) is 6.45. The summed E-state index contributed by atoms with van der Waals surface area (Å²) in [6.45, 7) is 12.4. The molecule has 172 valence electrons. The predicted molar refractivity (Wildman–Crippen MR) is 139 cm³/mol. The zero-order valence-corrected chi connectivity index (χ0v) is 21.0. The lowest BCUT2D eigenvalue weighted by molar-refractivity contribution is 0.00578. The van der Waals surface area contributed by atoms with E-state index in [4.69, 9.17) is 9.31 Å². The molecule has 4 nitrogen and oxygen atoms in total. The molecular weight excluding hydrogens is 440 g/mol. The van der Waals surface area contributed by atoms with Crippen molar-refractivity contribution in [3.8, 4) is 6.07 Å². The molecule has 1 fully saturated rings. The molecule has 1 aliphatic rings. The summed E-state index contributed by atoms with van der Waals surface area (Å²) < 4.78 is 28.0. The summed E-state index contributed by atoms with van der Waals surface area (Å²) in [7, 11) is -4.04. The Morgan fingerprint density at radius 2 is 1.29 bits per heavy atom. The zero-order valence-electron chi connectivity index (χ0n) is 20.1. The van der Waals surface area contributed by atoms with E-state index >= 15 is 4.57 Å². The van der Waals surface area contributed by atoms with Gasteiger partial charge in [0.25, 0.3) is 0 Å². The Hall–Kier alpha value is -2.90. The fourth-order valence-electron chi connectivity index (χ4n) is 4.27. The van der Waals surface area contributed by atoms with Crippen LogP contribution in [0, 0.1) is 11.3 Å². The summed E-state index contributed by atoms with van der Waals surface area (Å²) in [5.74, 6) is 0. The molecule has 0 aromatic heterocycles. The fourth-order valence-corrected chi connectivity index (χ4v) is 7.57. The van der Waals surface area contributed by atoms with Crippen molar-refractivity contribution in [3.05, 3.63) is 108 Å². The summed E-state index contributed by atoms with van der Waals surface area (Å²) in [4.78, 5) is 0. The van der Waals surface area contributed by atoms with Crippen molar-refractivity contribution < 1.29 is 13.9 Å². The van der Waals surface area contributed by atoms with Crippen LogP contribution in [-0.4, -0.2) is 18.3 Å². The Morgan fingerprint density at radius 1 is 0.853 bits per heavy atom. The zero-order chi connectivity index (χ0) is 24.6. The molecule has 3 aromatic rings. The van der Waals surface area contributed by atoms with Crippen LogP contribution in [0.25, 0.3) is 0 Å². The predicted octanol–water partition coefficient (Wildman–Crippen LogP) is 5.80. The van der Waals surface area contributed by atoms with Crippen molar-refractivity contribution in [2.24, 2.45) is 0 Å². The highest BCUT2D eigenvalue weighted by Gasteiger charge is 2.55. The second-order valence-corrected chi connectivity index (χ2v) is 12.5. The third-order valence-corrected chi connectivity index (χ3v) is 10.4. The van der Waals surface area contributed by atoms with Crippen LogP contribution >= 0.6 is 7.14 Å². The minimum absolute atomic E-state index is 0.540. The molecule has 1 aliphatic heterocycles. The molecule has 0 aliphatic carbocycles. The summed E-state index contributed by atoms with van der Waals surface area (Å²) in [5.41, 5.74) is 0.213. The number of rotatable bonds is 6. The maximum absolute atomic E-state index is 15.4. The smallest absolute Gasteiger partial charge is 0.400 e. The first kappa shape index (κ1) is 24.2. The molecule has 4 rings (SSSR count). The van der Waals surface area contributed by atoms with E-state index in [9.17, 15) is 5.26 Å². The molecule has 1 saturated heterocycles. The van der Waals surface area contributed by atoms with Gasteiger partial charge in [-0.3, -0.25) is 0 Å². The fraction of sp³-hybridized carbons (Fsp3) is 0.250. The largest absolute Gasteiger partial charge is 0.491 e. The van der Waals surface area contributed by atoms with E-state index in [-0.39, 0.29) is 0 Å². The molecule has 1 unspecified atom stereocenters. The third-order valence-electron chi connectivity index (χ3n) is 6.91. The van der Waals surface area contributed by atoms with Crippen LogP contribution < -0.4 is 10.6 Å². The Balaban J connectivity index is 1.93. The van der Waals surface area contributed by atoms with Gasteiger partial charge >= 0.3 is 7.12 Å². The minimum Gasteiger partial charge on any atom is -0.400 e. The molecule has 0 N–H and O–H groups in total. The van der Waals surface area contributed by atoms with Gasteiger partial charge in [0.1, 0.15) is 0 Å². The second kappa shape index (κ2) is 9.04. The standard InChI is InChI=1S/C28H29BNO3P/c1-21(29-32-27(2,3)28(4,5)33-29)26(23-18-16-22(20-30)17-19-23)34(31,24-12-8-6-9-13-24)25-14-10-7-11-15-25/h6-19,26H,1H2,2-5H3. The lowest BCUT2D eigenvalue weighted by Gasteiger charge is -2.32. The summed E-state index contributed by atoms with van der Waals surface area (Å²) in [6.07, 6.45) is 0. The lowest BCUT2D eigenvalue weighted by Crippen LogP contribution is -2.41. The molecule has 1 heterocycles. The molecule has 6 heteroatoms. The topological polar surface area (TPSA) is 59.3 Å². The Morgan fingerprint density at radius 3 is 1.71 bits per heavy atom. The van der Waals surface area contributed by atoms with Crippen molar-refractivity contribution in [2.45, 2.75) is 44.6 Å². The molecule has 0 radical (unpaired) electrons. The summed E-state index contributed by atoms with van der Waals surface area (Å²) in [5, 5.41) is 10.8. The van der Waals surface area contributed by atoms with E-state index in [0.717, 1.165) is 16.2 Å². The van der Waals surface area contributed by atoms with Crippen molar-refractivity contribution in [2.75, 3.05) is 0 Å². The van der Waals surface area contributed by atoms with Crippen molar-refractivity contribution in [1.82, 2.24) is 0 Å². The number of benzene rings is 3. The summed E-state index contributed by atoms with van der Waals surface area (Å²) in [6, 6.07) is 28.4. The third kappa shape index (κ3) is 4.19. The van der Waals surface area contributed by atoms with E-state index in [1.165, 1.54) is 0 Å². The van der Waals surface area contributed by atoms with Gasteiger partial charge in [-0.1, -0.05) is 72.8 Å². The quantitative estimate of drug-likeness (QED) is 0.338. The van der Waals surface area contributed by atoms with Crippen LogP contribution in [0.5, 0.6) is 0 Å². The number of nitrogens with zero attached hydrogens (tertiary/aromatic N) is 1. The number of nitriles is 1. The second-order valence-electron chi connectivity index (χ2n) is 9.63. The van der Waals surface area contributed by atoms with E-state index in [1.807, 2.05) is 100 Å². The van der Waals surface area contributed by atoms with E-state index in [0.29, 0.717) is 11.0 Å². The average Bonchev–Trinajstić information content (AvgIpc) is 3.07. The number of hydrogen-bond acceptors (Lipinski definition) is 4. The molecule has 3 aromatic carbocycles. The van der Waals surface area contributed by atoms with E-state index in [1.54, 1.807) is 12.1 Å². The van der Waals surface area contributed by atoms with Crippen LogP contribution in [-0.2, 0) is 13.9 Å². The molecule has 0 saturated carbocycles. The van der Waals surface area contributed by atoms with Crippen molar-refractivity contribution >= 4 is 24.9 Å². The van der Waals surface area contributed by atoms with Gasteiger partial charge in [-0.2, -0.15) is 5.26 Å². The number of allylic oxidation sites excluding steroid dienone is 1. The molecule has 0 amide bonds. The molecular formula is C28H29BNO3P.